The number of amides is 1. The SMILES string of the molecule is CCCCN(C(=O)CN1CCN(c2ccccc2)CC1)c1c(N)n(CCCC)c(=O)[nH]c1=O. The molecule has 2 aromatic rings. The molecule has 0 bridgehead atoms. The van der Waals surface area contributed by atoms with E-state index in [1.54, 1.807) is 0 Å². The van der Waals surface area contributed by atoms with Crippen molar-refractivity contribution in [1.82, 2.24) is 14.5 Å². The van der Waals surface area contributed by atoms with Gasteiger partial charge < -0.3 is 15.5 Å². The van der Waals surface area contributed by atoms with E-state index in [1.165, 1.54) is 15.2 Å². The van der Waals surface area contributed by atoms with Gasteiger partial charge in [0.25, 0.3) is 5.56 Å². The number of anilines is 3. The lowest BCUT2D eigenvalue weighted by Gasteiger charge is -2.36. The molecule has 2 heterocycles. The van der Waals surface area contributed by atoms with E-state index in [0.717, 1.165) is 51.9 Å². The monoisotopic (exact) mass is 456 g/mol. The van der Waals surface area contributed by atoms with Crippen molar-refractivity contribution in [3.8, 4) is 0 Å². The molecule has 1 aromatic heterocycles. The molecule has 1 aromatic carbocycles. The third kappa shape index (κ3) is 6.04. The highest BCUT2D eigenvalue weighted by Crippen LogP contribution is 2.20. The second kappa shape index (κ2) is 11.7. The van der Waals surface area contributed by atoms with Crippen LogP contribution in [0.3, 0.4) is 0 Å². The molecule has 1 aliphatic rings. The Morgan fingerprint density at radius 1 is 1.03 bits per heavy atom. The van der Waals surface area contributed by atoms with Crippen molar-refractivity contribution in [2.45, 2.75) is 46.1 Å². The molecule has 1 saturated heterocycles. The number of nitrogen functional groups attached to an aromatic ring is 1. The van der Waals surface area contributed by atoms with E-state index in [9.17, 15) is 14.4 Å². The normalized spacial score (nSPS) is 14.4. The lowest BCUT2D eigenvalue weighted by molar-refractivity contribution is -0.119. The number of unbranched alkanes of at least 4 members (excludes halogenated alkanes) is 2. The second-order valence-corrected chi connectivity index (χ2v) is 8.50. The fourth-order valence-electron chi connectivity index (χ4n) is 4.13. The van der Waals surface area contributed by atoms with Gasteiger partial charge in [-0.15, -0.1) is 0 Å². The van der Waals surface area contributed by atoms with Crippen LogP contribution < -0.4 is 26.8 Å². The van der Waals surface area contributed by atoms with E-state index in [0.29, 0.717) is 13.1 Å². The van der Waals surface area contributed by atoms with Crippen LogP contribution in [0.1, 0.15) is 39.5 Å². The predicted molar refractivity (Wildman–Crippen MR) is 133 cm³/mol. The maximum Gasteiger partial charge on any atom is 0.330 e. The lowest BCUT2D eigenvalue weighted by Crippen LogP contribution is -2.51. The quantitative estimate of drug-likeness (QED) is 0.565. The van der Waals surface area contributed by atoms with Gasteiger partial charge in [0.1, 0.15) is 5.82 Å². The van der Waals surface area contributed by atoms with Crippen LogP contribution in [0.25, 0.3) is 0 Å². The van der Waals surface area contributed by atoms with Crippen LogP contribution in [0, 0.1) is 0 Å². The van der Waals surface area contributed by atoms with E-state index in [-0.39, 0.29) is 24.0 Å². The van der Waals surface area contributed by atoms with Crippen molar-refractivity contribution in [2.24, 2.45) is 0 Å². The predicted octanol–water partition coefficient (Wildman–Crippen LogP) is 1.87. The summed E-state index contributed by atoms with van der Waals surface area (Å²) < 4.78 is 1.37. The summed E-state index contributed by atoms with van der Waals surface area (Å²) in [5, 5.41) is 0. The zero-order chi connectivity index (χ0) is 23.8. The first-order valence-electron chi connectivity index (χ1n) is 11.9. The van der Waals surface area contributed by atoms with E-state index < -0.39 is 11.2 Å². The van der Waals surface area contributed by atoms with E-state index in [1.807, 2.05) is 32.0 Å². The molecule has 0 aliphatic carbocycles. The molecule has 0 unspecified atom stereocenters. The highest BCUT2D eigenvalue weighted by molar-refractivity contribution is 5.96. The molecule has 3 rings (SSSR count). The Bertz CT molecular complexity index is 1020. The Balaban J connectivity index is 1.76. The number of piperazine rings is 1. The summed E-state index contributed by atoms with van der Waals surface area (Å²) in [7, 11) is 0. The zero-order valence-corrected chi connectivity index (χ0v) is 19.8. The van der Waals surface area contributed by atoms with Crippen LogP contribution >= 0.6 is 0 Å². The maximum atomic E-state index is 13.4. The van der Waals surface area contributed by atoms with Gasteiger partial charge in [-0.2, -0.15) is 0 Å². The second-order valence-electron chi connectivity index (χ2n) is 8.50. The molecule has 9 heteroatoms. The molecule has 0 saturated carbocycles. The molecule has 0 atom stereocenters. The number of nitrogens with one attached hydrogen (secondary N) is 1. The van der Waals surface area contributed by atoms with Crippen LogP contribution in [0.4, 0.5) is 17.2 Å². The number of carbonyl (C=O) groups is 1. The van der Waals surface area contributed by atoms with E-state index in [4.69, 9.17) is 5.73 Å². The fraction of sp³-hybridized carbons (Fsp3) is 0.542. The number of aromatic amines is 1. The topological polar surface area (TPSA) is 108 Å². The van der Waals surface area contributed by atoms with Crippen molar-refractivity contribution < 1.29 is 4.79 Å². The van der Waals surface area contributed by atoms with Crippen LogP contribution in [0.15, 0.2) is 39.9 Å². The summed E-state index contributed by atoms with van der Waals surface area (Å²) in [5.74, 6) is -0.106. The van der Waals surface area contributed by atoms with Crippen LogP contribution in [-0.4, -0.2) is 59.6 Å². The number of H-pyrrole nitrogens is 1. The number of aromatic nitrogens is 2. The molecule has 9 nitrogen and oxygen atoms in total. The molecule has 0 spiro atoms. The largest absolute Gasteiger partial charge is 0.383 e. The minimum absolute atomic E-state index is 0.0653. The van der Waals surface area contributed by atoms with Gasteiger partial charge in [-0.3, -0.25) is 24.0 Å². The third-order valence-corrected chi connectivity index (χ3v) is 6.11. The number of nitrogens with zero attached hydrogens (tertiary/aromatic N) is 4. The molecule has 1 aliphatic heterocycles. The number of benzene rings is 1. The number of hydrogen-bond donors (Lipinski definition) is 2. The molecule has 1 amide bonds. The summed E-state index contributed by atoms with van der Waals surface area (Å²) in [5.41, 5.74) is 6.41. The lowest BCUT2D eigenvalue weighted by atomic mass is 10.2. The summed E-state index contributed by atoms with van der Waals surface area (Å²) >= 11 is 0. The average Bonchev–Trinajstić information content (AvgIpc) is 2.82. The Morgan fingerprint density at radius 3 is 2.33 bits per heavy atom. The maximum absolute atomic E-state index is 13.4. The van der Waals surface area contributed by atoms with Crippen LogP contribution in [-0.2, 0) is 11.3 Å². The van der Waals surface area contributed by atoms with Gasteiger partial charge in [0.15, 0.2) is 5.69 Å². The summed E-state index contributed by atoms with van der Waals surface area (Å²) in [4.78, 5) is 46.6. The Labute approximate surface area is 194 Å². The number of carbonyl (C=O) groups excluding carboxylic acids is 1. The highest BCUT2D eigenvalue weighted by Gasteiger charge is 2.26. The van der Waals surface area contributed by atoms with Gasteiger partial charge in [-0.25, -0.2) is 4.79 Å². The first kappa shape index (κ1) is 24.6. The highest BCUT2D eigenvalue weighted by atomic mass is 16.2. The average molecular weight is 457 g/mol. The summed E-state index contributed by atoms with van der Waals surface area (Å²) in [6.45, 7) is 8.21. The van der Waals surface area contributed by atoms with Crippen LogP contribution in [0.5, 0.6) is 0 Å². The van der Waals surface area contributed by atoms with Crippen LogP contribution in [0.2, 0.25) is 0 Å². The minimum Gasteiger partial charge on any atom is -0.383 e. The molecule has 3 N–H and O–H groups in total. The molecular weight excluding hydrogens is 420 g/mol. The minimum atomic E-state index is -0.608. The number of hydrogen-bond acceptors (Lipinski definition) is 6. The van der Waals surface area contributed by atoms with Crippen molar-refractivity contribution in [3.05, 3.63) is 51.2 Å². The fourth-order valence-corrected chi connectivity index (χ4v) is 4.13. The van der Waals surface area contributed by atoms with E-state index in [2.05, 4.69) is 26.9 Å². The van der Waals surface area contributed by atoms with Gasteiger partial charge in [0.05, 0.1) is 6.54 Å². The summed E-state index contributed by atoms with van der Waals surface area (Å²) in [6.07, 6.45) is 3.24. The number of nitrogens with two attached hydrogens (primary N) is 1. The molecule has 0 radical (unpaired) electrons. The van der Waals surface area contributed by atoms with Gasteiger partial charge >= 0.3 is 5.69 Å². The summed E-state index contributed by atoms with van der Waals surface area (Å²) in [6, 6.07) is 10.2. The Kier molecular flexibility index (Phi) is 8.71. The third-order valence-electron chi connectivity index (χ3n) is 6.11. The number of rotatable bonds is 10. The van der Waals surface area contributed by atoms with Crippen molar-refractivity contribution in [3.63, 3.8) is 0 Å². The zero-order valence-electron chi connectivity index (χ0n) is 19.8. The number of para-hydroxylation sites is 1. The Morgan fingerprint density at radius 2 is 1.70 bits per heavy atom. The van der Waals surface area contributed by atoms with Gasteiger partial charge in [-0.05, 0) is 25.0 Å². The Hall–Kier alpha value is -3.07. The van der Waals surface area contributed by atoms with Crippen molar-refractivity contribution in [2.75, 3.05) is 54.8 Å². The van der Waals surface area contributed by atoms with Crippen molar-refractivity contribution >= 4 is 23.1 Å². The van der Waals surface area contributed by atoms with Crippen molar-refractivity contribution in [1.29, 1.82) is 0 Å². The van der Waals surface area contributed by atoms with E-state index >= 15 is 0 Å². The van der Waals surface area contributed by atoms with Gasteiger partial charge in [0.2, 0.25) is 5.91 Å². The van der Waals surface area contributed by atoms with Gasteiger partial charge in [-0.1, -0.05) is 44.9 Å². The smallest absolute Gasteiger partial charge is 0.330 e. The van der Waals surface area contributed by atoms with Gasteiger partial charge in [0, 0.05) is 45.0 Å². The first-order valence-corrected chi connectivity index (χ1v) is 11.9. The molecular formula is C24H36N6O3. The standard InChI is InChI=1S/C24H36N6O3/c1-3-5-12-29(21-22(25)30(13-6-4-2)24(33)26-23(21)32)20(31)18-27-14-16-28(17-15-27)19-10-8-7-9-11-19/h7-11H,3-6,12-18,25H2,1-2H3,(H,26,32,33). The molecule has 1 fully saturated rings. The first-order chi connectivity index (χ1) is 16.0. The molecule has 33 heavy (non-hydrogen) atoms. The molecule has 180 valence electrons.